The highest BCUT2D eigenvalue weighted by molar-refractivity contribution is 9.10. The van der Waals surface area contributed by atoms with Gasteiger partial charge in [0.15, 0.2) is 0 Å². The summed E-state index contributed by atoms with van der Waals surface area (Å²) in [5, 5.41) is 0. The molecule has 0 saturated heterocycles. The molecule has 106 valence electrons. The highest BCUT2D eigenvalue weighted by atomic mass is 79.9. The summed E-state index contributed by atoms with van der Waals surface area (Å²) >= 11 is 3.24. The van der Waals surface area contributed by atoms with Gasteiger partial charge in [0.05, 0.1) is 16.3 Å². The molecule has 1 aromatic carbocycles. The molecule has 2 aromatic rings. The van der Waals surface area contributed by atoms with E-state index in [1.54, 1.807) is 38.1 Å². The Morgan fingerprint density at radius 2 is 1.90 bits per heavy atom. The van der Waals surface area contributed by atoms with Crippen LogP contribution in [0.5, 0.6) is 0 Å². The molecule has 0 bridgehead atoms. The molecule has 1 aromatic heterocycles. The van der Waals surface area contributed by atoms with E-state index in [9.17, 15) is 8.42 Å². The van der Waals surface area contributed by atoms with Gasteiger partial charge in [-0.1, -0.05) is 6.07 Å². The zero-order valence-corrected chi connectivity index (χ0v) is 13.4. The van der Waals surface area contributed by atoms with Gasteiger partial charge in [0.25, 0.3) is 10.0 Å². The monoisotopic (exact) mass is 355 g/mol. The zero-order valence-electron chi connectivity index (χ0n) is 11.0. The maximum atomic E-state index is 12.4. The molecular formula is C13H14BrN3O2S. The molecule has 20 heavy (non-hydrogen) atoms. The molecule has 0 radical (unpaired) electrons. The molecule has 5 nitrogen and oxygen atoms in total. The third-order valence-corrected chi connectivity index (χ3v) is 4.75. The molecule has 0 saturated carbocycles. The Morgan fingerprint density at radius 3 is 2.55 bits per heavy atom. The predicted molar refractivity (Wildman–Crippen MR) is 83.1 cm³/mol. The number of rotatable bonds is 3. The maximum absolute atomic E-state index is 12.4. The first-order chi connectivity index (χ1) is 9.29. The van der Waals surface area contributed by atoms with Gasteiger partial charge in [-0.2, -0.15) is 0 Å². The van der Waals surface area contributed by atoms with Crippen LogP contribution in [0.25, 0.3) is 0 Å². The number of aromatic nitrogens is 1. The number of nitrogen functional groups attached to an aromatic ring is 1. The van der Waals surface area contributed by atoms with E-state index in [1.165, 1.54) is 6.07 Å². The molecule has 0 atom stereocenters. The van der Waals surface area contributed by atoms with Crippen LogP contribution in [0.2, 0.25) is 0 Å². The van der Waals surface area contributed by atoms with Gasteiger partial charge in [0.2, 0.25) is 0 Å². The topological polar surface area (TPSA) is 85.1 Å². The van der Waals surface area contributed by atoms with Gasteiger partial charge in [-0.25, -0.2) is 13.4 Å². The lowest BCUT2D eigenvalue weighted by molar-refractivity contribution is 0.600. The van der Waals surface area contributed by atoms with Crippen LogP contribution in [-0.4, -0.2) is 13.4 Å². The van der Waals surface area contributed by atoms with Gasteiger partial charge in [0, 0.05) is 5.69 Å². The Morgan fingerprint density at radius 1 is 1.20 bits per heavy atom. The first-order valence-corrected chi connectivity index (χ1v) is 8.09. The number of nitrogens with one attached hydrogen (secondary N) is 1. The summed E-state index contributed by atoms with van der Waals surface area (Å²) in [5.74, 6) is 0. The SMILES string of the molecule is Cc1ccc(N)cc1S(=O)(=O)Nc1ccc(Br)nc1C. The lowest BCUT2D eigenvalue weighted by Crippen LogP contribution is -2.15. The second kappa shape index (κ2) is 5.41. The van der Waals surface area contributed by atoms with Crippen molar-refractivity contribution in [1.29, 1.82) is 0 Å². The lowest BCUT2D eigenvalue weighted by Gasteiger charge is -2.12. The molecule has 3 N–H and O–H groups in total. The summed E-state index contributed by atoms with van der Waals surface area (Å²) in [5.41, 5.74) is 7.72. The number of nitrogens with two attached hydrogens (primary N) is 1. The third-order valence-electron chi connectivity index (χ3n) is 2.80. The van der Waals surface area contributed by atoms with Crippen LogP contribution >= 0.6 is 15.9 Å². The average molecular weight is 356 g/mol. The number of halogens is 1. The molecule has 0 fully saturated rings. The molecule has 7 heteroatoms. The van der Waals surface area contributed by atoms with Crippen molar-refractivity contribution in [2.75, 3.05) is 10.5 Å². The van der Waals surface area contributed by atoms with Gasteiger partial charge in [-0.15, -0.1) is 0 Å². The molecular weight excluding hydrogens is 342 g/mol. The van der Waals surface area contributed by atoms with Gasteiger partial charge < -0.3 is 5.73 Å². The van der Waals surface area contributed by atoms with Crippen LogP contribution in [0.1, 0.15) is 11.3 Å². The van der Waals surface area contributed by atoms with E-state index in [4.69, 9.17) is 5.73 Å². The maximum Gasteiger partial charge on any atom is 0.262 e. The number of sulfonamides is 1. The van der Waals surface area contributed by atoms with Crippen LogP contribution in [0.15, 0.2) is 39.8 Å². The van der Waals surface area contributed by atoms with Crippen molar-refractivity contribution in [2.45, 2.75) is 18.7 Å². The minimum absolute atomic E-state index is 0.166. The molecule has 2 rings (SSSR count). The second-order valence-corrected chi connectivity index (χ2v) is 6.86. The zero-order chi connectivity index (χ0) is 14.9. The van der Waals surface area contributed by atoms with Crippen molar-refractivity contribution in [3.05, 3.63) is 46.2 Å². The highest BCUT2D eigenvalue weighted by Gasteiger charge is 2.18. The first-order valence-electron chi connectivity index (χ1n) is 5.82. The molecule has 0 aliphatic carbocycles. The largest absolute Gasteiger partial charge is 0.399 e. The summed E-state index contributed by atoms with van der Waals surface area (Å²) in [7, 11) is -3.69. The first kappa shape index (κ1) is 14.8. The summed E-state index contributed by atoms with van der Waals surface area (Å²) in [6.07, 6.45) is 0. The summed E-state index contributed by atoms with van der Waals surface area (Å²) in [6, 6.07) is 8.12. The number of anilines is 2. The Bertz CT molecular complexity index is 760. The predicted octanol–water partition coefficient (Wildman–Crippen LogP) is 2.84. The van der Waals surface area contributed by atoms with Crippen LogP contribution in [0.3, 0.4) is 0 Å². The molecule has 0 amide bonds. The summed E-state index contributed by atoms with van der Waals surface area (Å²) < 4.78 is 28.0. The number of aryl methyl sites for hydroxylation is 2. The van der Waals surface area contributed by atoms with E-state index in [0.717, 1.165) is 0 Å². The summed E-state index contributed by atoms with van der Waals surface area (Å²) in [4.78, 5) is 4.32. The van der Waals surface area contributed by atoms with Crippen LogP contribution in [0, 0.1) is 13.8 Å². The van der Waals surface area contributed by atoms with Crippen molar-refractivity contribution in [3.63, 3.8) is 0 Å². The number of hydrogen-bond donors (Lipinski definition) is 2. The highest BCUT2D eigenvalue weighted by Crippen LogP contribution is 2.23. The van der Waals surface area contributed by atoms with Gasteiger partial charge >= 0.3 is 0 Å². The quantitative estimate of drug-likeness (QED) is 0.654. The van der Waals surface area contributed by atoms with E-state index in [2.05, 4.69) is 25.6 Å². The van der Waals surface area contributed by atoms with Crippen molar-refractivity contribution >= 4 is 37.3 Å². The number of nitrogens with zero attached hydrogens (tertiary/aromatic N) is 1. The van der Waals surface area contributed by atoms with Crippen molar-refractivity contribution < 1.29 is 8.42 Å². The summed E-state index contributed by atoms with van der Waals surface area (Å²) in [6.45, 7) is 3.45. The van der Waals surface area contributed by atoms with Crippen molar-refractivity contribution in [1.82, 2.24) is 4.98 Å². The van der Waals surface area contributed by atoms with Crippen LogP contribution < -0.4 is 10.5 Å². The van der Waals surface area contributed by atoms with Crippen LogP contribution in [-0.2, 0) is 10.0 Å². The fourth-order valence-electron chi connectivity index (χ4n) is 1.74. The molecule has 0 spiro atoms. The van der Waals surface area contributed by atoms with Gasteiger partial charge in [0.1, 0.15) is 4.60 Å². The smallest absolute Gasteiger partial charge is 0.262 e. The molecule has 1 heterocycles. The van der Waals surface area contributed by atoms with Crippen molar-refractivity contribution in [2.24, 2.45) is 0 Å². The van der Waals surface area contributed by atoms with Crippen molar-refractivity contribution in [3.8, 4) is 0 Å². The minimum atomic E-state index is -3.69. The Hall–Kier alpha value is -1.60. The minimum Gasteiger partial charge on any atom is -0.399 e. The Labute approximate surface area is 126 Å². The molecule has 0 aliphatic heterocycles. The molecule has 0 aliphatic rings. The van der Waals surface area contributed by atoms with E-state index in [-0.39, 0.29) is 4.90 Å². The lowest BCUT2D eigenvalue weighted by atomic mass is 10.2. The fraction of sp³-hybridized carbons (Fsp3) is 0.154. The molecule has 0 unspecified atom stereocenters. The van der Waals surface area contributed by atoms with E-state index >= 15 is 0 Å². The normalized spacial score (nSPS) is 11.3. The fourth-order valence-corrected chi connectivity index (χ4v) is 3.54. The van der Waals surface area contributed by atoms with E-state index in [0.29, 0.717) is 27.2 Å². The van der Waals surface area contributed by atoms with E-state index < -0.39 is 10.0 Å². The number of benzene rings is 1. The Kier molecular flexibility index (Phi) is 4.01. The van der Waals surface area contributed by atoms with E-state index in [1.807, 2.05) is 0 Å². The third kappa shape index (κ3) is 3.10. The standard InChI is InChI=1S/C13H14BrN3O2S/c1-8-3-4-10(15)7-12(8)20(18,19)17-11-5-6-13(14)16-9(11)2/h3-7,17H,15H2,1-2H3. The van der Waals surface area contributed by atoms with Crippen LogP contribution in [0.4, 0.5) is 11.4 Å². The van der Waals surface area contributed by atoms with Gasteiger partial charge in [-0.3, -0.25) is 4.72 Å². The average Bonchev–Trinajstić information content (AvgIpc) is 2.35. The Balaban J connectivity index is 2.43. The number of pyridine rings is 1. The number of hydrogen-bond acceptors (Lipinski definition) is 4. The van der Waals surface area contributed by atoms with Gasteiger partial charge in [-0.05, 0) is 59.6 Å². The second-order valence-electron chi connectivity index (χ2n) is 4.40.